The molecule has 0 radical (unpaired) electrons. The number of nitrogens with one attached hydrogen (secondary N) is 1. The number of halogens is 1. The van der Waals surface area contributed by atoms with Gasteiger partial charge in [-0.1, -0.05) is 60.2 Å². The van der Waals surface area contributed by atoms with E-state index in [2.05, 4.69) is 5.32 Å². The summed E-state index contributed by atoms with van der Waals surface area (Å²) in [5.41, 5.74) is 3.07. The van der Waals surface area contributed by atoms with Gasteiger partial charge in [-0.25, -0.2) is 12.8 Å². The Morgan fingerprint density at radius 2 is 1.46 bits per heavy atom. The first-order chi connectivity index (χ1) is 17.8. The van der Waals surface area contributed by atoms with E-state index >= 15 is 0 Å². The van der Waals surface area contributed by atoms with Crippen LogP contribution in [0.3, 0.4) is 0 Å². The van der Waals surface area contributed by atoms with Crippen molar-refractivity contribution in [3.63, 3.8) is 0 Å². The van der Waals surface area contributed by atoms with Crippen molar-refractivity contribution in [3.05, 3.63) is 126 Å². The smallest absolute Gasteiger partial charge is 0.264 e. The number of benzene rings is 4. The number of amides is 1. The average molecular weight is 519 g/mol. The minimum absolute atomic E-state index is 0.111. The van der Waals surface area contributed by atoms with Crippen LogP contribution in [0.4, 0.5) is 10.1 Å². The van der Waals surface area contributed by atoms with Crippen molar-refractivity contribution in [2.75, 3.05) is 10.8 Å². The molecule has 0 unspecified atom stereocenters. The van der Waals surface area contributed by atoms with Crippen LogP contribution < -0.4 is 14.4 Å². The van der Waals surface area contributed by atoms with E-state index < -0.39 is 15.9 Å². The first-order valence-corrected chi connectivity index (χ1v) is 13.1. The molecule has 37 heavy (non-hydrogen) atoms. The van der Waals surface area contributed by atoms with Crippen LogP contribution in [0.2, 0.25) is 0 Å². The fourth-order valence-electron chi connectivity index (χ4n) is 3.58. The third-order valence-corrected chi connectivity index (χ3v) is 7.46. The molecule has 6 nitrogen and oxygen atoms in total. The molecule has 0 heterocycles. The lowest BCUT2D eigenvalue weighted by Crippen LogP contribution is -2.40. The fourth-order valence-corrected chi connectivity index (χ4v) is 5.03. The highest BCUT2D eigenvalue weighted by Crippen LogP contribution is 2.24. The van der Waals surface area contributed by atoms with Crippen molar-refractivity contribution in [2.24, 2.45) is 0 Å². The highest BCUT2D eigenvalue weighted by atomic mass is 32.2. The Bertz CT molecular complexity index is 1420. The molecule has 0 bridgehead atoms. The Labute approximate surface area is 216 Å². The number of aryl methyl sites for hydroxylation is 1. The van der Waals surface area contributed by atoms with Gasteiger partial charge in [0.1, 0.15) is 24.7 Å². The average Bonchev–Trinajstić information content (AvgIpc) is 2.92. The Kier molecular flexibility index (Phi) is 8.20. The van der Waals surface area contributed by atoms with E-state index in [1.165, 1.54) is 24.3 Å². The van der Waals surface area contributed by atoms with Gasteiger partial charge in [0.05, 0.1) is 10.6 Å². The predicted molar refractivity (Wildman–Crippen MR) is 141 cm³/mol. The Balaban J connectivity index is 1.39. The largest absolute Gasteiger partial charge is 0.489 e. The Morgan fingerprint density at radius 1 is 0.838 bits per heavy atom. The van der Waals surface area contributed by atoms with Gasteiger partial charge in [0, 0.05) is 6.54 Å². The predicted octanol–water partition coefficient (Wildman–Crippen LogP) is 5.22. The number of nitrogens with zero attached hydrogens (tertiary/aromatic N) is 1. The maximum Gasteiger partial charge on any atom is 0.264 e. The summed E-state index contributed by atoms with van der Waals surface area (Å²) in [7, 11) is -3.95. The number of hydrogen-bond donors (Lipinski definition) is 1. The van der Waals surface area contributed by atoms with Gasteiger partial charge in [-0.3, -0.25) is 9.10 Å². The zero-order valence-corrected chi connectivity index (χ0v) is 21.1. The molecule has 0 aliphatic carbocycles. The summed E-state index contributed by atoms with van der Waals surface area (Å²) in [6.07, 6.45) is 0. The zero-order valence-electron chi connectivity index (χ0n) is 20.3. The number of carbonyl (C=O) groups is 1. The van der Waals surface area contributed by atoms with Crippen LogP contribution in [0.5, 0.6) is 5.75 Å². The lowest BCUT2D eigenvalue weighted by atomic mass is 10.2. The van der Waals surface area contributed by atoms with Gasteiger partial charge in [0.15, 0.2) is 0 Å². The van der Waals surface area contributed by atoms with E-state index in [-0.39, 0.29) is 23.8 Å². The monoisotopic (exact) mass is 518 g/mol. The SMILES string of the molecule is Cc1ccc(N(CC(=O)NCc2ccc(OCc3ccc(F)cc3)cc2)S(=O)(=O)c2ccccc2)cc1. The molecule has 0 spiro atoms. The van der Waals surface area contributed by atoms with Crippen LogP contribution in [-0.2, 0) is 28.0 Å². The molecule has 1 N–H and O–H groups in total. The van der Waals surface area contributed by atoms with Crippen molar-refractivity contribution in [2.45, 2.75) is 25.0 Å². The number of ether oxygens (including phenoxy) is 1. The number of anilines is 1. The van der Waals surface area contributed by atoms with Crippen LogP contribution in [0, 0.1) is 12.7 Å². The Hall–Kier alpha value is -4.17. The molecule has 0 aliphatic heterocycles. The first kappa shape index (κ1) is 25.9. The van der Waals surface area contributed by atoms with E-state index in [1.807, 2.05) is 19.1 Å². The molecule has 4 rings (SSSR count). The second-order valence-corrected chi connectivity index (χ2v) is 10.4. The molecule has 0 fully saturated rings. The van der Waals surface area contributed by atoms with E-state index in [4.69, 9.17) is 4.74 Å². The Morgan fingerprint density at radius 3 is 2.11 bits per heavy atom. The van der Waals surface area contributed by atoms with Crippen LogP contribution in [0.25, 0.3) is 0 Å². The maximum absolute atomic E-state index is 13.4. The van der Waals surface area contributed by atoms with Crippen molar-refractivity contribution in [1.82, 2.24) is 5.32 Å². The van der Waals surface area contributed by atoms with E-state index in [9.17, 15) is 17.6 Å². The third-order valence-electron chi connectivity index (χ3n) is 5.67. The molecular weight excluding hydrogens is 491 g/mol. The summed E-state index contributed by atoms with van der Waals surface area (Å²) in [6.45, 7) is 2.08. The molecule has 0 saturated heterocycles. The molecule has 4 aromatic carbocycles. The summed E-state index contributed by atoms with van der Waals surface area (Å²) < 4.78 is 46.6. The number of carbonyl (C=O) groups excluding carboxylic acids is 1. The quantitative estimate of drug-likeness (QED) is 0.312. The van der Waals surface area contributed by atoms with Crippen molar-refractivity contribution >= 4 is 21.6 Å². The molecular formula is C29H27FN2O4S. The molecule has 190 valence electrons. The molecule has 1 amide bonds. The third kappa shape index (κ3) is 6.95. The standard InChI is InChI=1S/C29H27FN2O4S/c1-22-7-15-26(16-8-22)32(37(34,35)28-5-3-2-4-6-28)20-29(33)31-19-23-11-17-27(18-12-23)36-21-24-9-13-25(30)14-10-24/h2-18H,19-21H2,1H3,(H,31,33). The zero-order chi connectivity index (χ0) is 26.3. The first-order valence-electron chi connectivity index (χ1n) is 11.7. The van der Waals surface area contributed by atoms with Crippen LogP contribution in [-0.4, -0.2) is 20.9 Å². The molecule has 8 heteroatoms. The second-order valence-electron chi connectivity index (χ2n) is 8.50. The van der Waals surface area contributed by atoms with Gasteiger partial charge in [0.2, 0.25) is 5.91 Å². The minimum Gasteiger partial charge on any atom is -0.489 e. The fraction of sp³-hybridized carbons (Fsp3) is 0.138. The molecule has 0 atom stereocenters. The summed E-state index contributed by atoms with van der Waals surface area (Å²) in [6, 6.07) is 28.3. The minimum atomic E-state index is -3.95. The van der Waals surface area contributed by atoms with Gasteiger partial charge >= 0.3 is 0 Å². The molecule has 0 aliphatic rings. The van der Waals surface area contributed by atoms with Crippen LogP contribution in [0.1, 0.15) is 16.7 Å². The van der Waals surface area contributed by atoms with Crippen molar-refractivity contribution < 1.29 is 22.3 Å². The summed E-state index contributed by atoms with van der Waals surface area (Å²) >= 11 is 0. The summed E-state index contributed by atoms with van der Waals surface area (Å²) in [5, 5.41) is 2.80. The highest BCUT2D eigenvalue weighted by Gasteiger charge is 2.27. The molecule has 0 saturated carbocycles. The van der Waals surface area contributed by atoms with Crippen molar-refractivity contribution in [3.8, 4) is 5.75 Å². The van der Waals surface area contributed by atoms with E-state index in [0.29, 0.717) is 18.0 Å². The molecule has 0 aromatic heterocycles. The summed E-state index contributed by atoms with van der Waals surface area (Å²) in [5.74, 6) is -0.0922. The highest BCUT2D eigenvalue weighted by molar-refractivity contribution is 7.92. The summed E-state index contributed by atoms with van der Waals surface area (Å²) in [4.78, 5) is 12.9. The second kappa shape index (κ2) is 11.7. The van der Waals surface area contributed by atoms with Crippen LogP contribution >= 0.6 is 0 Å². The number of rotatable bonds is 10. The maximum atomic E-state index is 13.4. The van der Waals surface area contributed by atoms with Gasteiger partial charge < -0.3 is 10.1 Å². The normalized spacial score (nSPS) is 11.1. The van der Waals surface area contributed by atoms with Crippen molar-refractivity contribution in [1.29, 1.82) is 0 Å². The van der Waals surface area contributed by atoms with Gasteiger partial charge in [-0.05, 0) is 66.6 Å². The topological polar surface area (TPSA) is 75.7 Å². The molecule has 4 aromatic rings. The van der Waals surface area contributed by atoms with Gasteiger partial charge in [-0.15, -0.1) is 0 Å². The van der Waals surface area contributed by atoms with E-state index in [1.54, 1.807) is 66.7 Å². The van der Waals surface area contributed by atoms with Gasteiger partial charge in [0.25, 0.3) is 10.0 Å². The lowest BCUT2D eigenvalue weighted by molar-refractivity contribution is -0.119. The van der Waals surface area contributed by atoms with E-state index in [0.717, 1.165) is 21.0 Å². The lowest BCUT2D eigenvalue weighted by Gasteiger charge is -2.24. The number of sulfonamides is 1. The van der Waals surface area contributed by atoms with Gasteiger partial charge in [-0.2, -0.15) is 0 Å². The van der Waals surface area contributed by atoms with Crippen LogP contribution in [0.15, 0.2) is 108 Å². The number of hydrogen-bond acceptors (Lipinski definition) is 4.